The van der Waals surface area contributed by atoms with Gasteiger partial charge in [0.05, 0.1) is 25.0 Å². The summed E-state index contributed by atoms with van der Waals surface area (Å²) in [6.45, 7) is 0. The molecule has 0 fully saturated rings. The minimum absolute atomic E-state index is 0.00358. The predicted molar refractivity (Wildman–Crippen MR) is 141 cm³/mol. The number of aromatic hydroxyl groups is 2. The molecule has 10 nitrogen and oxygen atoms in total. The van der Waals surface area contributed by atoms with Gasteiger partial charge in [-0.2, -0.15) is 0 Å². The quantitative estimate of drug-likeness (QED) is 0.198. The number of fused-ring (bicyclic) bond motifs is 3. The second-order valence-electron chi connectivity index (χ2n) is 9.19. The fourth-order valence-corrected chi connectivity index (χ4v) is 4.89. The number of carbonyl (C=O) groups excluding carboxylic acids is 1. The standard InChI is InChI=1S/C30H20O10/c1-37-23-6-5-15(10-18(23)31)24-12-19(32)28-20(33)13-25-27(29(28)40-24)17(11-26(34)39-25)22-8-7-21(38-22)14-3-2-4-16(9-14)30(35)36/h2-10,12-13,17,31,33H,11H2,1H3,(H,35,36). The van der Waals surface area contributed by atoms with Crippen molar-refractivity contribution in [2.75, 3.05) is 7.11 Å². The summed E-state index contributed by atoms with van der Waals surface area (Å²) in [5.74, 6) is -1.95. The Balaban J connectivity index is 1.53. The van der Waals surface area contributed by atoms with Gasteiger partial charge in [0.25, 0.3) is 0 Å². The number of hydrogen-bond acceptors (Lipinski definition) is 9. The molecule has 0 saturated carbocycles. The Hall–Kier alpha value is -5.51. The zero-order chi connectivity index (χ0) is 28.1. The molecular formula is C30H20O10. The molecule has 5 aromatic rings. The molecule has 3 heterocycles. The molecule has 200 valence electrons. The second-order valence-corrected chi connectivity index (χ2v) is 9.19. The molecule has 6 rings (SSSR count). The van der Waals surface area contributed by atoms with Crippen LogP contribution in [0.4, 0.5) is 0 Å². The first-order valence-electron chi connectivity index (χ1n) is 12.1. The average Bonchev–Trinajstić information content (AvgIpc) is 3.42. The lowest BCUT2D eigenvalue weighted by Gasteiger charge is -2.24. The molecule has 0 spiro atoms. The van der Waals surface area contributed by atoms with E-state index < -0.39 is 29.0 Å². The van der Waals surface area contributed by atoms with Gasteiger partial charge in [-0.3, -0.25) is 9.59 Å². The van der Waals surface area contributed by atoms with E-state index in [2.05, 4.69) is 0 Å². The van der Waals surface area contributed by atoms with Gasteiger partial charge in [-0.05, 0) is 42.5 Å². The van der Waals surface area contributed by atoms with E-state index in [1.54, 1.807) is 30.3 Å². The smallest absolute Gasteiger partial charge is 0.335 e. The molecule has 1 unspecified atom stereocenters. The van der Waals surface area contributed by atoms with Crippen molar-refractivity contribution in [2.24, 2.45) is 0 Å². The molecule has 1 atom stereocenters. The highest BCUT2D eigenvalue weighted by molar-refractivity contribution is 5.93. The monoisotopic (exact) mass is 540 g/mol. The molecule has 40 heavy (non-hydrogen) atoms. The van der Waals surface area contributed by atoms with Gasteiger partial charge >= 0.3 is 11.9 Å². The molecule has 0 radical (unpaired) electrons. The molecule has 10 heteroatoms. The van der Waals surface area contributed by atoms with E-state index in [0.29, 0.717) is 28.2 Å². The highest BCUT2D eigenvalue weighted by Crippen LogP contribution is 2.47. The van der Waals surface area contributed by atoms with Crippen molar-refractivity contribution in [3.05, 3.63) is 93.8 Å². The van der Waals surface area contributed by atoms with Crippen LogP contribution < -0.4 is 14.9 Å². The van der Waals surface area contributed by atoms with Gasteiger partial charge in [-0.1, -0.05) is 12.1 Å². The van der Waals surface area contributed by atoms with Crippen LogP contribution in [0.2, 0.25) is 0 Å². The van der Waals surface area contributed by atoms with Crippen LogP contribution in [0.3, 0.4) is 0 Å². The average molecular weight is 540 g/mol. The molecule has 3 aromatic carbocycles. The summed E-state index contributed by atoms with van der Waals surface area (Å²) >= 11 is 0. The lowest BCUT2D eigenvalue weighted by Crippen LogP contribution is -2.21. The van der Waals surface area contributed by atoms with E-state index in [1.165, 1.54) is 43.5 Å². The fourth-order valence-electron chi connectivity index (χ4n) is 4.89. The number of ether oxygens (including phenoxy) is 2. The maximum absolute atomic E-state index is 13.2. The van der Waals surface area contributed by atoms with Crippen LogP contribution in [-0.4, -0.2) is 34.4 Å². The lowest BCUT2D eigenvalue weighted by molar-refractivity contribution is -0.135. The van der Waals surface area contributed by atoms with Gasteiger partial charge in [0.2, 0.25) is 0 Å². The third kappa shape index (κ3) is 4.11. The molecule has 3 N–H and O–H groups in total. The minimum atomic E-state index is -1.08. The van der Waals surface area contributed by atoms with Crippen LogP contribution in [0, 0.1) is 0 Å². The molecular weight excluding hydrogens is 520 g/mol. The van der Waals surface area contributed by atoms with Gasteiger partial charge in [-0.15, -0.1) is 0 Å². The number of methoxy groups -OCH3 is 1. The highest BCUT2D eigenvalue weighted by atomic mass is 16.5. The van der Waals surface area contributed by atoms with Crippen molar-refractivity contribution >= 4 is 22.9 Å². The molecule has 0 aliphatic carbocycles. The summed E-state index contributed by atoms with van der Waals surface area (Å²) in [7, 11) is 1.41. The van der Waals surface area contributed by atoms with Crippen LogP contribution in [0.15, 0.2) is 80.4 Å². The number of aromatic carboxylic acids is 1. The van der Waals surface area contributed by atoms with E-state index in [-0.39, 0.29) is 46.0 Å². The summed E-state index contributed by atoms with van der Waals surface area (Å²) in [5, 5.41) is 30.1. The predicted octanol–water partition coefficient (Wildman–Crippen LogP) is 5.28. The van der Waals surface area contributed by atoms with E-state index in [1.807, 2.05) is 0 Å². The van der Waals surface area contributed by atoms with Crippen molar-refractivity contribution in [2.45, 2.75) is 12.3 Å². The highest BCUT2D eigenvalue weighted by Gasteiger charge is 2.35. The van der Waals surface area contributed by atoms with Gasteiger partial charge in [0.15, 0.2) is 16.9 Å². The van der Waals surface area contributed by atoms with Crippen molar-refractivity contribution < 1.29 is 43.2 Å². The minimum Gasteiger partial charge on any atom is -0.507 e. The number of phenols is 2. The van der Waals surface area contributed by atoms with Crippen molar-refractivity contribution in [3.8, 4) is 45.6 Å². The molecule has 1 aliphatic rings. The number of benzene rings is 3. The van der Waals surface area contributed by atoms with E-state index >= 15 is 0 Å². The Morgan fingerprint density at radius 3 is 2.45 bits per heavy atom. The van der Waals surface area contributed by atoms with Crippen molar-refractivity contribution in [1.29, 1.82) is 0 Å². The van der Waals surface area contributed by atoms with Crippen LogP contribution in [-0.2, 0) is 4.79 Å². The Bertz CT molecular complexity index is 1900. The summed E-state index contributed by atoms with van der Waals surface area (Å²) in [4.78, 5) is 37.2. The third-order valence-electron chi connectivity index (χ3n) is 6.75. The first kappa shape index (κ1) is 24.8. The number of phenolic OH excluding ortho intramolecular Hbond substituents is 2. The fraction of sp³-hybridized carbons (Fsp3) is 0.100. The zero-order valence-electron chi connectivity index (χ0n) is 20.8. The zero-order valence-corrected chi connectivity index (χ0v) is 20.8. The second kappa shape index (κ2) is 9.35. The van der Waals surface area contributed by atoms with Gasteiger partial charge in [0, 0.05) is 28.8 Å². The number of rotatable bonds is 5. The molecule has 1 aliphatic heterocycles. The Morgan fingerprint density at radius 1 is 0.900 bits per heavy atom. The van der Waals surface area contributed by atoms with Crippen molar-refractivity contribution in [1.82, 2.24) is 0 Å². The van der Waals surface area contributed by atoms with E-state index in [4.69, 9.17) is 18.3 Å². The molecule has 0 amide bonds. The Morgan fingerprint density at radius 2 is 1.70 bits per heavy atom. The first-order chi connectivity index (χ1) is 19.2. The summed E-state index contributed by atoms with van der Waals surface area (Å²) < 4.78 is 22.7. The Labute approximate surface area is 225 Å². The summed E-state index contributed by atoms with van der Waals surface area (Å²) in [6, 6.07) is 16.4. The topological polar surface area (TPSA) is 157 Å². The molecule has 0 bridgehead atoms. The summed E-state index contributed by atoms with van der Waals surface area (Å²) in [5.41, 5.74) is 0.752. The van der Waals surface area contributed by atoms with Crippen LogP contribution in [0.1, 0.15) is 34.0 Å². The van der Waals surface area contributed by atoms with Gasteiger partial charge < -0.3 is 33.6 Å². The van der Waals surface area contributed by atoms with Crippen LogP contribution >= 0.6 is 0 Å². The third-order valence-corrected chi connectivity index (χ3v) is 6.75. The van der Waals surface area contributed by atoms with Crippen LogP contribution in [0.25, 0.3) is 33.6 Å². The first-order valence-corrected chi connectivity index (χ1v) is 12.1. The number of carboxylic acids is 1. The SMILES string of the molecule is COc1ccc(-c2cc(=O)c3c(O)cc4c(c3o2)C(c2ccc(-c3cccc(C(=O)O)c3)o2)CC(=O)O4)cc1O. The number of carboxylic acid groups (broad SMARTS) is 1. The van der Waals surface area contributed by atoms with E-state index in [0.717, 1.165) is 0 Å². The van der Waals surface area contributed by atoms with E-state index in [9.17, 15) is 29.7 Å². The maximum atomic E-state index is 13.2. The number of hydrogen-bond donors (Lipinski definition) is 3. The van der Waals surface area contributed by atoms with Crippen molar-refractivity contribution in [3.63, 3.8) is 0 Å². The number of esters is 1. The van der Waals surface area contributed by atoms with Gasteiger partial charge in [0.1, 0.15) is 39.7 Å². The largest absolute Gasteiger partial charge is 0.507 e. The Kier molecular flexibility index (Phi) is 5.80. The van der Waals surface area contributed by atoms with Crippen LogP contribution in [0.5, 0.6) is 23.0 Å². The molecule has 0 saturated heterocycles. The molecule has 2 aromatic heterocycles. The summed E-state index contributed by atoms with van der Waals surface area (Å²) in [6.07, 6.45) is -0.147. The lowest BCUT2D eigenvalue weighted by atomic mass is 9.88. The van der Waals surface area contributed by atoms with Gasteiger partial charge in [-0.25, -0.2) is 4.79 Å². The number of carbonyl (C=O) groups is 2. The normalized spacial score (nSPS) is 14.5. The maximum Gasteiger partial charge on any atom is 0.335 e. The number of furan rings is 1.